The van der Waals surface area contributed by atoms with Crippen LogP contribution < -0.4 is 10.2 Å². The number of thioether (sulfide) groups is 1. The van der Waals surface area contributed by atoms with Crippen LogP contribution in [0.5, 0.6) is 0 Å². The Kier molecular flexibility index (Phi) is 6.55. The van der Waals surface area contributed by atoms with Gasteiger partial charge in [-0.15, -0.1) is 0 Å². The molecular weight excluding hydrogens is 474 g/mol. The molecule has 1 N–H and O–H groups in total. The Morgan fingerprint density at radius 2 is 1.67 bits per heavy atom. The molecule has 0 spiro atoms. The van der Waals surface area contributed by atoms with E-state index in [0.29, 0.717) is 5.56 Å². The van der Waals surface area contributed by atoms with Crippen LogP contribution in [0.3, 0.4) is 0 Å². The van der Waals surface area contributed by atoms with E-state index in [4.69, 9.17) is 0 Å². The van der Waals surface area contributed by atoms with Crippen LogP contribution in [-0.4, -0.2) is 45.6 Å². The van der Waals surface area contributed by atoms with Crippen LogP contribution in [0.15, 0.2) is 47.5 Å². The van der Waals surface area contributed by atoms with Crippen molar-refractivity contribution in [2.24, 2.45) is 0 Å². The number of anilines is 2. The first kappa shape index (κ1) is 24.7. The molecule has 1 aliphatic rings. The molecule has 0 radical (unpaired) electrons. The summed E-state index contributed by atoms with van der Waals surface area (Å²) in [7, 11) is 0. The minimum Gasteiger partial charge on any atom is -0.361 e. The van der Waals surface area contributed by atoms with Crippen molar-refractivity contribution in [2.75, 3.05) is 16.8 Å². The molecule has 1 saturated heterocycles. The minimum absolute atomic E-state index is 0.0461. The normalized spacial score (nSPS) is 16.5. The van der Waals surface area contributed by atoms with Gasteiger partial charge in [-0.1, -0.05) is 0 Å². The lowest BCUT2D eigenvalue weighted by atomic mass is 10.0. The molecule has 0 atom stereocenters. The van der Waals surface area contributed by atoms with Crippen molar-refractivity contribution in [3.05, 3.63) is 48.2 Å². The van der Waals surface area contributed by atoms with Crippen LogP contribution >= 0.6 is 11.8 Å². The highest BCUT2D eigenvalue weighted by Crippen LogP contribution is 2.39. The van der Waals surface area contributed by atoms with Gasteiger partial charge in [0.25, 0.3) is 5.91 Å². The van der Waals surface area contributed by atoms with Gasteiger partial charge in [0.2, 0.25) is 0 Å². The summed E-state index contributed by atoms with van der Waals surface area (Å²) in [5, 5.41) is 2.15. The van der Waals surface area contributed by atoms with Gasteiger partial charge in [-0.2, -0.15) is 26.3 Å². The Morgan fingerprint density at radius 3 is 2.24 bits per heavy atom. The summed E-state index contributed by atoms with van der Waals surface area (Å²) in [6, 6.07) is 6.94. The van der Waals surface area contributed by atoms with Crippen LogP contribution in [0.25, 0.3) is 0 Å². The van der Waals surface area contributed by atoms with Gasteiger partial charge in [0.15, 0.2) is 0 Å². The molecular formula is C20H18F6N4O2S. The first-order chi connectivity index (χ1) is 15.2. The lowest BCUT2D eigenvalue weighted by Crippen LogP contribution is -2.43. The molecule has 2 heterocycles. The number of imide groups is 1. The minimum atomic E-state index is -4.47. The molecule has 0 saturated carbocycles. The molecule has 3 amide bonds. The summed E-state index contributed by atoms with van der Waals surface area (Å²) in [4.78, 5) is 31.8. The molecule has 178 valence electrons. The number of carbonyl (C=O) groups is 2. The average molecular weight is 492 g/mol. The van der Waals surface area contributed by atoms with E-state index in [1.54, 1.807) is 0 Å². The van der Waals surface area contributed by atoms with Gasteiger partial charge >= 0.3 is 17.7 Å². The number of benzene rings is 1. The molecule has 6 nitrogen and oxygen atoms in total. The number of nitrogens with zero attached hydrogens (tertiary/aromatic N) is 3. The molecule has 0 unspecified atom stereocenters. The lowest BCUT2D eigenvalue weighted by molar-refractivity contribution is -0.123. The van der Waals surface area contributed by atoms with Crippen LogP contribution in [-0.2, 0) is 11.3 Å². The SMILES string of the molecule is CC1(C)C(=O)N(c2ccc(SC(F)(F)F)cc2)C(=O)N1Cc1ccnc(NCC(F)(F)F)c1. The predicted octanol–water partition coefficient (Wildman–Crippen LogP) is 5.42. The Bertz CT molecular complexity index is 1040. The number of hydrogen-bond acceptors (Lipinski definition) is 5. The topological polar surface area (TPSA) is 65.5 Å². The fraction of sp³-hybridized carbons (Fsp3) is 0.350. The molecule has 0 aliphatic carbocycles. The summed E-state index contributed by atoms with van der Waals surface area (Å²) in [6.45, 7) is 1.63. The Balaban J connectivity index is 1.80. The molecule has 33 heavy (non-hydrogen) atoms. The second-order valence-electron chi connectivity index (χ2n) is 7.63. The smallest absolute Gasteiger partial charge is 0.361 e. The highest BCUT2D eigenvalue weighted by Gasteiger charge is 2.51. The first-order valence-corrected chi connectivity index (χ1v) is 10.3. The number of nitrogens with one attached hydrogen (secondary N) is 1. The van der Waals surface area contributed by atoms with Gasteiger partial charge in [0.05, 0.1) is 5.69 Å². The van der Waals surface area contributed by atoms with Gasteiger partial charge < -0.3 is 10.2 Å². The fourth-order valence-electron chi connectivity index (χ4n) is 3.17. The maximum atomic E-state index is 13.1. The maximum absolute atomic E-state index is 13.1. The number of aromatic nitrogens is 1. The molecule has 1 aliphatic heterocycles. The maximum Gasteiger partial charge on any atom is 0.446 e. The number of hydrogen-bond donors (Lipinski definition) is 1. The van der Waals surface area contributed by atoms with E-state index in [-0.39, 0.29) is 34.7 Å². The number of urea groups is 1. The fourth-order valence-corrected chi connectivity index (χ4v) is 3.71. The summed E-state index contributed by atoms with van der Waals surface area (Å²) in [5.74, 6) is -0.636. The van der Waals surface area contributed by atoms with E-state index in [0.717, 1.165) is 17.0 Å². The first-order valence-electron chi connectivity index (χ1n) is 9.45. The van der Waals surface area contributed by atoms with E-state index in [1.165, 1.54) is 49.2 Å². The van der Waals surface area contributed by atoms with Crippen molar-refractivity contribution in [2.45, 2.75) is 42.5 Å². The van der Waals surface area contributed by atoms with E-state index in [1.807, 2.05) is 0 Å². The van der Waals surface area contributed by atoms with E-state index in [9.17, 15) is 35.9 Å². The van der Waals surface area contributed by atoms with Crippen LogP contribution in [0.2, 0.25) is 0 Å². The lowest BCUT2D eigenvalue weighted by Gasteiger charge is -2.27. The Labute approximate surface area is 188 Å². The molecule has 1 aromatic carbocycles. The highest BCUT2D eigenvalue weighted by atomic mass is 32.2. The number of alkyl halides is 6. The van der Waals surface area contributed by atoms with Gasteiger partial charge in [0, 0.05) is 17.6 Å². The van der Waals surface area contributed by atoms with Gasteiger partial charge in [0.1, 0.15) is 17.9 Å². The summed E-state index contributed by atoms with van der Waals surface area (Å²) in [5.41, 5.74) is -5.24. The predicted molar refractivity (Wildman–Crippen MR) is 110 cm³/mol. The van der Waals surface area contributed by atoms with Crippen molar-refractivity contribution in [1.29, 1.82) is 0 Å². The van der Waals surface area contributed by atoms with Crippen LogP contribution in [0.1, 0.15) is 19.4 Å². The molecule has 1 aromatic heterocycles. The van der Waals surface area contributed by atoms with E-state index in [2.05, 4.69) is 10.3 Å². The third-order valence-electron chi connectivity index (χ3n) is 4.79. The van der Waals surface area contributed by atoms with Crippen molar-refractivity contribution in [1.82, 2.24) is 9.88 Å². The molecule has 2 aromatic rings. The van der Waals surface area contributed by atoms with Crippen molar-refractivity contribution in [3.8, 4) is 0 Å². The molecule has 13 heteroatoms. The van der Waals surface area contributed by atoms with Crippen molar-refractivity contribution in [3.63, 3.8) is 0 Å². The van der Waals surface area contributed by atoms with E-state index < -0.39 is 35.7 Å². The van der Waals surface area contributed by atoms with Gasteiger partial charge in [-0.3, -0.25) is 4.79 Å². The zero-order valence-electron chi connectivity index (χ0n) is 17.3. The average Bonchev–Trinajstić information content (AvgIpc) is 2.86. The Hall–Kier alpha value is -2.96. The highest BCUT2D eigenvalue weighted by molar-refractivity contribution is 8.00. The second-order valence-corrected chi connectivity index (χ2v) is 8.77. The number of pyridine rings is 1. The zero-order valence-corrected chi connectivity index (χ0v) is 18.1. The largest absolute Gasteiger partial charge is 0.446 e. The van der Waals surface area contributed by atoms with Gasteiger partial charge in [-0.25, -0.2) is 14.7 Å². The van der Waals surface area contributed by atoms with Gasteiger partial charge in [-0.05, 0) is 67.6 Å². The third kappa shape index (κ3) is 5.89. The van der Waals surface area contributed by atoms with E-state index >= 15 is 0 Å². The second kappa shape index (κ2) is 8.76. The zero-order chi connectivity index (χ0) is 24.6. The monoisotopic (exact) mass is 492 g/mol. The summed E-state index contributed by atoms with van der Waals surface area (Å²) in [6.07, 6.45) is -3.16. The molecule has 1 fully saturated rings. The Morgan fingerprint density at radius 1 is 1.03 bits per heavy atom. The number of rotatable bonds is 6. The van der Waals surface area contributed by atoms with Crippen molar-refractivity contribution < 1.29 is 35.9 Å². The summed E-state index contributed by atoms with van der Waals surface area (Å²) < 4.78 is 74.9. The van der Waals surface area contributed by atoms with Crippen molar-refractivity contribution >= 4 is 35.2 Å². The number of carbonyl (C=O) groups excluding carboxylic acids is 2. The third-order valence-corrected chi connectivity index (χ3v) is 5.53. The summed E-state index contributed by atoms with van der Waals surface area (Å²) >= 11 is -0.319. The van der Waals surface area contributed by atoms with Crippen LogP contribution in [0, 0.1) is 0 Å². The number of halogens is 6. The number of amides is 3. The quantitative estimate of drug-likeness (QED) is 0.332. The van der Waals surface area contributed by atoms with Crippen LogP contribution in [0.4, 0.5) is 42.6 Å². The standard InChI is InChI=1S/C20H18F6N4O2S/c1-18(2)16(31)30(13-3-5-14(6-4-13)33-20(24,25)26)17(32)29(18)10-12-7-8-27-15(9-12)28-11-19(21,22)23/h3-9H,10-11H2,1-2H3,(H,27,28). The molecule has 0 bridgehead atoms. The molecule has 3 rings (SSSR count).